The average Bonchev–Trinajstić information content (AvgIpc) is 2.56. The summed E-state index contributed by atoms with van der Waals surface area (Å²) in [6.45, 7) is 0. The minimum absolute atomic E-state index is 0.00231. The van der Waals surface area contributed by atoms with E-state index in [0.717, 1.165) is 0 Å². The first-order valence-corrected chi connectivity index (χ1v) is 5.64. The molecule has 2 heterocycles. The van der Waals surface area contributed by atoms with Crippen LogP contribution in [0.1, 0.15) is 5.56 Å². The Hall–Kier alpha value is -1.25. The molecular formula is C11H5ClF3NS. The Labute approximate surface area is 105 Å². The zero-order valence-corrected chi connectivity index (χ0v) is 9.83. The summed E-state index contributed by atoms with van der Waals surface area (Å²) < 4.78 is 38.7. The van der Waals surface area contributed by atoms with Crippen LogP contribution in [0.5, 0.6) is 0 Å². The topological polar surface area (TPSA) is 4.41 Å². The van der Waals surface area contributed by atoms with Gasteiger partial charge in [0.15, 0.2) is 0 Å². The molecule has 0 saturated carbocycles. The van der Waals surface area contributed by atoms with E-state index in [1.165, 1.54) is 10.6 Å². The van der Waals surface area contributed by atoms with E-state index in [2.05, 4.69) is 5.92 Å². The second kappa shape index (κ2) is 4.21. The largest absolute Gasteiger partial charge is 0.446 e. The number of pyridine rings is 1. The normalized spacial score (nSPS) is 11.7. The summed E-state index contributed by atoms with van der Waals surface area (Å²) in [5.41, 5.74) is -3.84. The lowest BCUT2D eigenvalue weighted by Crippen LogP contribution is -1.99. The number of alkyl halides is 3. The number of fused-ring (bicyclic) bond motifs is 1. The molecule has 0 aliphatic heterocycles. The van der Waals surface area contributed by atoms with Crippen molar-refractivity contribution in [3.05, 3.63) is 35.1 Å². The van der Waals surface area contributed by atoms with Crippen molar-refractivity contribution in [2.75, 3.05) is 0 Å². The molecule has 0 spiro atoms. The summed E-state index contributed by atoms with van der Waals surface area (Å²) in [5, 5.41) is 0.313. The Morgan fingerprint density at radius 2 is 2.06 bits per heavy atom. The first kappa shape index (κ1) is 12.2. The molecule has 2 aromatic heterocycles. The zero-order chi connectivity index (χ0) is 12.6. The molecule has 0 saturated heterocycles. The molecule has 6 heteroatoms. The fourth-order valence-electron chi connectivity index (χ4n) is 1.46. The molecule has 1 nitrogen and oxygen atoms in total. The fraction of sp³-hybridized carbons (Fsp3) is 0.0909. The van der Waals surface area contributed by atoms with Gasteiger partial charge in [-0.15, -0.1) is 6.42 Å². The molecule has 0 atom stereocenters. The predicted molar refractivity (Wildman–Crippen MR) is 62.3 cm³/mol. The number of rotatable bonds is 1. The first-order chi connectivity index (χ1) is 7.92. The molecule has 0 N–H and O–H groups in total. The van der Waals surface area contributed by atoms with Crippen molar-refractivity contribution < 1.29 is 13.2 Å². The smallest absolute Gasteiger partial charge is 0.305 e. The summed E-state index contributed by atoms with van der Waals surface area (Å²) >= 11 is 5.65. The van der Waals surface area contributed by atoms with Gasteiger partial charge in [-0.3, -0.25) is 0 Å². The molecule has 2 aromatic rings. The Morgan fingerprint density at radius 3 is 2.65 bits per heavy atom. The van der Waals surface area contributed by atoms with Crippen molar-refractivity contribution >= 4 is 28.9 Å². The standard InChI is InChI=1S/C11H5ClF3NS/c1-2-7-6-16-8(4-3-5-9(16)12)10(7)17-11(13,14)15/h1,3-6H. The van der Waals surface area contributed by atoms with E-state index < -0.39 is 5.51 Å². The molecule has 0 fully saturated rings. The lowest BCUT2D eigenvalue weighted by molar-refractivity contribution is -0.0327. The molecule has 0 aromatic carbocycles. The van der Waals surface area contributed by atoms with Crippen LogP contribution in [0.25, 0.3) is 5.52 Å². The Bertz CT molecular complexity index is 609. The minimum Gasteiger partial charge on any atom is -0.305 e. The number of nitrogens with zero attached hydrogens (tertiary/aromatic N) is 1. The predicted octanol–water partition coefficient (Wildman–Crippen LogP) is 4.19. The highest BCUT2D eigenvalue weighted by Crippen LogP contribution is 2.41. The van der Waals surface area contributed by atoms with Crippen molar-refractivity contribution in [3.63, 3.8) is 0 Å². The van der Waals surface area contributed by atoms with Crippen molar-refractivity contribution in [3.8, 4) is 12.3 Å². The van der Waals surface area contributed by atoms with E-state index in [0.29, 0.717) is 10.7 Å². The van der Waals surface area contributed by atoms with Gasteiger partial charge in [0.1, 0.15) is 5.15 Å². The quantitative estimate of drug-likeness (QED) is 0.429. The van der Waals surface area contributed by atoms with Crippen molar-refractivity contribution in [1.29, 1.82) is 0 Å². The van der Waals surface area contributed by atoms with E-state index in [9.17, 15) is 13.2 Å². The Kier molecular flexibility index (Phi) is 3.02. The first-order valence-electron chi connectivity index (χ1n) is 4.44. The van der Waals surface area contributed by atoms with Crippen LogP contribution in [0.2, 0.25) is 5.15 Å². The monoisotopic (exact) mass is 275 g/mol. The fourth-order valence-corrected chi connectivity index (χ4v) is 2.40. The van der Waals surface area contributed by atoms with Gasteiger partial charge >= 0.3 is 5.51 Å². The van der Waals surface area contributed by atoms with Crippen LogP contribution in [-0.4, -0.2) is 9.91 Å². The lowest BCUT2D eigenvalue weighted by Gasteiger charge is -2.05. The molecule has 0 bridgehead atoms. The highest BCUT2D eigenvalue weighted by atomic mass is 35.5. The van der Waals surface area contributed by atoms with E-state index in [1.54, 1.807) is 18.2 Å². The molecule has 0 unspecified atom stereocenters. The van der Waals surface area contributed by atoms with E-state index in [-0.39, 0.29) is 22.2 Å². The van der Waals surface area contributed by atoms with Crippen LogP contribution >= 0.6 is 23.4 Å². The minimum atomic E-state index is -4.38. The number of terminal acetylenes is 1. The van der Waals surface area contributed by atoms with Crippen LogP contribution in [0.15, 0.2) is 29.3 Å². The molecule has 0 amide bonds. The van der Waals surface area contributed by atoms with Gasteiger partial charge in [0.2, 0.25) is 0 Å². The van der Waals surface area contributed by atoms with E-state index in [1.807, 2.05) is 0 Å². The van der Waals surface area contributed by atoms with Crippen LogP contribution < -0.4 is 0 Å². The molecule has 88 valence electrons. The van der Waals surface area contributed by atoms with Gasteiger partial charge in [-0.25, -0.2) is 0 Å². The van der Waals surface area contributed by atoms with Gasteiger partial charge in [-0.1, -0.05) is 23.6 Å². The van der Waals surface area contributed by atoms with Gasteiger partial charge in [-0.2, -0.15) is 13.2 Å². The number of hydrogen-bond acceptors (Lipinski definition) is 1. The number of halogens is 4. The summed E-state index contributed by atoms with van der Waals surface area (Å²) in [4.78, 5) is 0.00231. The Balaban J connectivity index is 2.68. The second-order valence-corrected chi connectivity index (χ2v) is 4.63. The van der Waals surface area contributed by atoms with Gasteiger partial charge in [0.25, 0.3) is 0 Å². The second-order valence-electron chi connectivity index (χ2n) is 3.17. The zero-order valence-electron chi connectivity index (χ0n) is 8.25. The number of aromatic nitrogens is 1. The van der Waals surface area contributed by atoms with Gasteiger partial charge in [-0.05, 0) is 23.9 Å². The van der Waals surface area contributed by atoms with Crippen LogP contribution in [0.4, 0.5) is 13.2 Å². The number of hydrogen-bond donors (Lipinski definition) is 0. The summed E-state index contributed by atoms with van der Waals surface area (Å²) in [6.07, 6.45) is 6.62. The molecule has 0 aliphatic carbocycles. The average molecular weight is 276 g/mol. The third kappa shape index (κ3) is 2.38. The number of thioether (sulfide) groups is 1. The highest BCUT2D eigenvalue weighted by molar-refractivity contribution is 8.00. The maximum atomic E-state index is 12.4. The van der Waals surface area contributed by atoms with Crippen molar-refractivity contribution in [1.82, 2.24) is 4.40 Å². The summed E-state index contributed by atoms with van der Waals surface area (Å²) in [7, 11) is 0. The van der Waals surface area contributed by atoms with Crippen LogP contribution in [0, 0.1) is 12.3 Å². The maximum absolute atomic E-state index is 12.4. The van der Waals surface area contributed by atoms with Crippen molar-refractivity contribution in [2.24, 2.45) is 0 Å². The van der Waals surface area contributed by atoms with Gasteiger partial charge < -0.3 is 4.40 Å². The highest BCUT2D eigenvalue weighted by Gasteiger charge is 2.32. The van der Waals surface area contributed by atoms with Crippen molar-refractivity contribution in [2.45, 2.75) is 10.4 Å². The molecule has 0 aliphatic rings. The molecule has 0 radical (unpaired) electrons. The third-order valence-electron chi connectivity index (χ3n) is 2.09. The van der Waals surface area contributed by atoms with E-state index >= 15 is 0 Å². The molecule has 17 heavy (non-hydrogen) atoms. The van der Waals surface area contributed by atoms with Gasteiger partial charge in [0, 0.05) is 6.20 Å². The third-order valence-corrected chi connectivity index (χ3v) is 3.26. The van der Waals surface area contributed by atoms with E-state index in [4.69, 9.17) is 18.0 Å². The summed E-state index contributed by atoms with van der Waals surface area (Å²) in [6, 6.07) is 4.70. The SMILES string of the molecule is C#Cc1cn2c(Cl)cccc2c1SC(F)(F)F. The summed E-state index contributed by atoms with van der Waals surface area (Å²) in [5.74, 6) is 2.23. The van der Waals surface area contributed by atoms with Crippen LogP contribution in [0.3, 0.4) is 0 Å². The lowest BCUT2D eigenvalue weighted by atomic mass is 10.3. The Morgan fingerprint density at radius 1 is 1.35 bits per heavy atom. The maximum Gasteiger partial charge on any atom is 0.446 e. The molecular weight excluding hydrogens is 271 g/mol. The molecule has 2 rings (SSSR count). The van der Waals surface area contributed by atoms with Crippen LogP contribution in [-0.2, 0) is 0 Å². The van der Waals surface area contributed by atoms with Gasteiger partial charge in [0.05, 0.1) is 16.0 Å².